The minimum absolute atomic E-state index is 0.0727. The zero-order valence-corrected chi connectivity index (χ0v) is 15.8. The first-order valence-electron chi connectivity index (χ1n) is 6.49. The highest BCUT2D eigenvalue weighted by Crippen LogP contribution is 2.19. The van der Waals surface area contributed by atoms with E-state index in [-0.39, 0.29) is 10.7 Å². The lowest BCUT2D eigenvalue weighted by atomic mass is 10.2. The Balaban J connectivity index is 1.92. The summed E-state index contributed by atoms with van der Waals surface area (Å²) in [5.74, 6) is -0.920. The SMILES string of the molecule is O=C(NC(=S)NNC(=O)c1ccccc1Br)c1cc(Cl)cc(Cl)c1. The van der Waals surface area contributed by atoms with Crippen molar-refractivity contribution in [2.24, 2.45) is 0 Å². The molecule has 3 N–H and O–H groups in total. The quantitative estimate of drug-likeness (QED) is 0.485. The molecule has 0 atom stereocenters. The lowest BCUT2D eigenvalue weighted by Gasteiger charge is -2.11. The van der Waals surface area contributed by atoms with Gasteiger partial charge in [-0.15, -0.1) is 0 Å². The van der Waals surface area contributed by atoms with Gasteiger partial charge < -0.3 is 0 Å². The molecule has 0 aliphatic carbocycles. The van der Waals surface area contributed by atoms with Gasteiger partial charge in [0.15, 0.2) is 5.11 Å². The van der Waals surface area contributed by atoms with Crippen molar-refractivity contribution in [3.05, 3.63) is 68.1 Å². The number of rotatable bonds is 2. The highest BCUT2D eigenvalue weighted by atomic mass is 79.9. The van der Waals surface area contributed by atoms with E-state index in [1.54, 1.807) is 24.3 Å². The van der Waals surface area contributed by atoms with E-state index in [2.05, 4.69) is 32.1 Å². The summed E-state index contributed by atoms with van der Waals surface area (Å²) in [5.41, 5.74) is 5.50. The van der Waals surface area contributed by atoms with E-state index in [9.17, 15) is 9.59 Å². The van der Waals surface area contributed by atoms with Crippen LogP contribution in [0.15, 0.2) is 46.9 Å². The van der Waals surface area contributed by atoms with E-state index in [0.717, 1.165) is 0 Å². The van der Waals surface area contributed by atoms with Gasteiger partial charge in [0.05, 0.1) is 5.56 Å². The zero-order valence-electron chi connectivity index (χ0n) is 11.9. The van der Waals surface area contributed by atoms with E-state index in [1.807, 2.05) is 0 Å². The molecule has 9 heteroatoms. The van der Waals surface area contributed by atoms with Crippen molar-refractivity contribution >= 4 is 68.3 Å². The fraction of sp³-hybridized carbons (Fsp3) is 0. The Morgan fingerprint density at radius 2 is 1.58 bits per heavy atom. The molecule has 0 spiro atoms. The highest BCUT2D eigenvalue weighted by molar-refractivity contribution is 9.10. The minimum Gasteiger partial charge on any atom is -0.298 e. The molecule has 0 aromatic heterocycles. The standard InChI is InChI=1S/C15H10BrCl2N3O2S/c16-12-4-2-1-3-11(12)14(23)20-21-15(24)19-13(22)8-5-9(17)7-10(18)6-8/h1-7H,(H,20,23)(H2,19,21,22,24). The third kappa shape index (κ3) is 5.17. The number of halogens is 3. The van der Waals surface area contributed by atoms with Gasteiger partial charge in [0.1, 0.15) is 0 Å². The lowest BCUT2D eigenvalue weighted by Crippen LogP contribution is -2.48. The van der Waals surface area contributed by atoms with Gasteiger partial charge in [0, 0.05) is 20.1 Å². The van der Waals surface area contributed by atoms with Gasteiger partial charge in [-0.25, -0.2) is 0 Å². The van der Waals surface area contributed by atoms with Crippen LogP contribution < -0.4 is 16.2 Å². The molecule has 0 unspecified atom stereocenters. The second-order valence-electron chi connectivity index (χ2n) is 4.50. The molecule has 0 heterocycles. The summed E-state index contributed by atoms with van der Waals surface area (Å²) in [6.07, 6.45) is 0. The Hall–Kier alpha value is -1.67. The van der Waals surface area contributed by atoms with Crippen molar-refractivity contribution in [3.8, 4) is 0 Å². The predicted molar refractivity (Wildman–Crippen MR) is 101 cm³/mol. The van der Waals surface area contributed by atoms with Crippen molar-refractivity contribution < 1.29 is 9.59 Å². The largest absolute Gasteiger partial charge is 0.298 e. The van der Waals surface area contributed by atoms with Crippen LogP contribution in [0.3, 0.4) is 0 Å². The van der Waals surface area contributed by atoms with Crippen molar-refractivity contribution in [1.82, 2.24) is 16.2 Å². The van der Waals surface area contributed by atoms with Crippen molar-refractivity contribution in [2.75, 3.05) is 0 Å². The van der Waals surface area contributed by atoms with Crippen LogP contribution in [0, 0.1) is 0 Å². The summed E-state index contributed by atoms with van der Waals surface area (Å²) >= 11 is 19.9. The number of amides is 2. The van der Waals surface area contributed by atoms with Gasteiger partial charge in [-0.3, -0.25) is 25.8 Å². The predicted octanol–water partition coefficient (Wildman–Crippen LogP) is 3.71. The number of carbonyl (C=O) groups is 2. The third-order valence-electron chi connectivity index (χ3n) is 2.76. The summed E-state index contributed by atoms with van der Waals surface area (Å²) < 4.78 is 0.632. The number of hydrogen-bond acceptors (Lipinski definition) is 3. The fourth-order valence-corrected chi connectivity index (χ4v) is 2.85. The van der Waals surface area contributed by atoms with Crippen molar-refractivity contribution in [1.29, 1.82) is 0 Å². The highest BCUT2D eigenvalue weighted by Gasteiger charge is 2.12. The zero-order chi connectivity index (χ0) is 17.7. The number of nitrogens with one attached hydrogen (secondary N) is 3. The van der Waals surface area contributed by atoms with E-state index >= 15 is 0 Å². The molecular formula is C15H10BrCl2N3O2S. The van der Waals surface area contributed by atoms with Crippen molar-refractivity contribution in [2.45, 2.75) is 0 Å². The molecule has 0 aliphatic rings. The van der Waals surface area contributed by atoms with Crippen LogP contribution in [0.1, 0.15) is 20.7 Å². The van der Waals surface area contributed by atoms with E-state index < -0.39 is 11.8 Å². The molecule has 0 bridgehead atoms. The molecule has 2 rings (SSSR count). The van der Waals surface area contributed by atoms with Crippen molar-refractivity contribution in [3.63, 3.8) is 0 Å². The Morgan fingerprint density at radius 1 is 0.958 bits per heavy atom. The smallest absolute Gasteiger partial charge is 0.270 e. The Kier molecular flexibility index (Phi) is 6.56. The van der Waals surface area contributed by atoms with Gasteiger partial charge in [0.2, 0.25) is 0 Å². The number of benzene rings is 2. The Labute approximate surface area is 161 Å². The second-order valence-corrected chi connectivity index (χ2v) is 6.64. The first-order valence-corrected chi connectivity index (χ1v) is 8.45. The maximum absolute atomic E-state index is 12.1. The summed E-state index contributed by atoms with van der Waals surface area (Å²) in [5, 5.41) is 2.99. The fourth-order valence-electron chi connectivity index (χ4n) is 1.72. The maximum Gasteiger partial charge on any atom is 0.270 e. The van der Waals surface area contributed by atoms with Crippen LogP contribution in [-0.4, -0.2) is 16.9 Å². The second kappa shape index (κ2) is 8.43. The van der Waals surface area contributed by atoms with E-state index in [1.165, 1.54) is 18.2 Å². The van der Waals surface area contributed by atoms with Gasteiger partial charge in [0.25, 0.3) is 11.8 Å². The number of hydrogen-bond donors (Lipinski definition) is 3. The van der Waals surface area contributed by atoms with Crippen LogP contribution in [0.2, 0.25) is 10.0 Å². The van der Waals surface area contributed by atoms with Gasteiger partial charge in [-0.1, -0.05) is 35.3 Å². The molecule has 0 saturated heterocycles. The molecule has 0 saturated carbocycles. The number of hydrazine groups is 1. The van der Waals surface area contributed by atoms with E-state index in [0.29, 0.717) is 20.1 Å². The molecule has 0 fully saturated rings. The lowest BCUT2D eigenvalue weighted by molar-refractivity contribution is 0.0934. The average Bonchev–Trinajstić information content (AvgIpc) is 2.52. The average molecular weight is 447 g/mol. The van der Waals surface area contributed by atoms with Crippen LogP contribution in [-0.2, 0) is 0 Å². The molecule has 124 valence electrons. The number of thiocarbonyl (C=S) groups is 1. The topological polar surface area (TPSA) is 70.2 Å². The maximum atomic E-state index is 12.1. The van der Waals surface area contributed by atoms with Gasteiger partial charge in [-0.05, 0) is 58.5 Å². The molecule has 0 radical (unpaired) electrons. The molecule has 5 nitrogen and oxygen atoms in total. The molecule has 0 aliphatic heterocycles. The van der Waals surface area contributed by atoms with Crippen LogP contribution in [0.25, 0.3) is 0 Å². The molecule has 24 heavy (non-hydrogen) atoms. The molecule has 2 aromatic carbocycles. The Morgan fingerprint density at radius 3 is 2.21 bits per heavy atom. The third-order valence-corrected chi connectivity index (χ3v) is 4.09. The van der Waals surface area contributed by atoms with Crippen LogP contribution in [0.5, 0.6) is 0 Å². The summed E-state index contributed by atoms with van der Waals surface area (Å²) in [6.45, 7) is 0. The first-order chi connectivity index (χ1) is 11.4. The Bertz CT molecular complexity index is 797. The monoisotopic (exact) mass is 445 g/mol. The first kappa shape index (κ1) is 18.7. The molecular weight excluding hydrogens is 437 g/mol. The normalized spacial score (nSPS) is 9.96. The summed E-state index contributed by atoms with van der Waals surface area (Å²) in [4.78, 5) is 24.1. The minimum atomic E-state index is -0.507. The number of carbonyl (C=O) groups excluding carboxylic acids is 2. The summed E-state index contributed by atoms with van der Waals surface area (Å²) in [7, 11) is 0. The van der Waals surface area contributed by atoms with Crippen LogP contribution in [0.4, 0.5) is 0 Å². The van der Waals surface area contributed by atoms with Gasteiger partial charge in [-0.2, -0.15) is 0 Å². The molecule has 2 amide bonds. The van der Waals surface area contributed by atoms with E-state index in [4.69, 9.17) is 35.4 Å². The van der Waals surface area contributed by atoms with Crippen LogP contribution >= 0.6 is 51.3 Å². The molecule has 2 aromatic rings. The van der Waals surface area contributed by atoms with Gasteiger partial charge >= 0.3 is 0 Å². The summed E-state index contributed by atoms with van der Waals surface area (Å²) in [6, 6.07) is 11.3.